The first-order valence-corrected chi connectivity index (χ1v) is 5.35. The molecular formula is C11H14ClNO4. The standard InChI is InChI=1S/C11H14ClNO4/c1-17-6-8(5-14)13-11(16)7-2-3-10(15)9(12)4-7/h2-4,8,14-15H,5-6H2,1H3,(H,13,16). The van der Waals surface area contributed by atoms with Crippen molar-refractivity contribution in [3.63, 3.8) is 0 Å². The van der Waals surface area contributed by atoms with Gasteiger partial charge in [-0.2, -0.15) is 0 Å². The Morgan fingerprint density at radius 3 is 2.82 bits per heavy atom. The summed E-state index contributed by atoms with van der Waals surface area (Å²) in [5, 5.41) is 20.9. The monoisotopic (exact) mass is 259 g/mol. The Labute approximate surface area is 104 Å². The molecule has 0 saturated carbocycles. The van der Waals surface area contributed by atoms with E-state index >= 15 is 0 Å². The number of methoxy groups -OCH3 is 1. The smallest absolute Gasteiger partial charge is 0.251 e. The predicted molar refractivity (Wildman–Crippen MR) is 63.3 cm³/mol. The zero-order valence-electron chi connectivity index (χ0n) is 9.31. The third kappa shape index (κ3) is 3.89. The van der Waals surface area contributed by atoms with E-state index in [1.165, 1.54) is 25.3 Å². The van der Waals surface area contributed by atoms with Gasteiger partial charge < -0.3 is 20.3 Å². The lowest BCUT2D eigenvalue weighted by Crippen LogP contribution is -2.40. The van der Waals surface area contributed by atoms with E-state index in [1.807, 2.05) is 0 Å². The van der Waals surface area contributed by atoms with Crippen molar-refractivity contribution in [1.82, 2.24) is 5.32 Å². The van der Waals surface area contributed by atoms with E-state index in [9.17, 15) is 9.90 Å². The molecule has 0 aliphatic carbocycles. The number of hydrogen-bond acceptors (Lipinski definition) is 4. The van der Waals surface area contributed by atoms with Gasteiger partial charge in [0.25, 0.3) is 5.91 Å². The number of phenolic OH excluding ortho intramolecular Hbond substituents is 1. The summed E-state index contributed by atoms with van der Waals surface area (Å²) < 4.78 is 4.83. The highest BCUT2D eigenvalue weighted by atomic mass is 35.5. The van der Waals surface area contributed by atoms with Crippen LogP contribution in [-0.2, 0) is 4.74 Å². The highest BCUT2D eigenvalue weighted by Gasteiger charge is 2.13. The number of aliphatic hydroxyl groups excluding tert-OH is 1. The summed E-state index contributed by atoms with van der Waals surface area (Å²) in [5.41, 5.74) is 0.308. The van der Waals surface area contributed by atoms with E-state index in [0.29, 0.717) is 5.56 Å². The molecule has 0 radical (unpaired) electrons. The maximum atomic E-state index is 11.7. The SMILES string of the molecule is COCC(CO)NC(=O)c1ccc(O)c(Cl)c1. The van der Waals surface area contributed by atoms with Gasteiger partial charge in [-0.3, -0.25) is 4.79 Å². The predicted octanol–water partition coefficient (Wildman–Crippen LogP) is 0.783. The number of ether oxygens (including phenoxy) is 1. The number of benzene rings is 1. The van der Waals surface area contributed by atoms with Gasteiger partial charge in [0.05, 0.1) is 24.3 Å². The van der Waals surface area contributed by atoms with Crippen LogP contribution in [-0.4, -0.2) is 42.5 Å². The number of aliphatic hydroxyl groups is 1. The van der Waals surface area contributed by atoms with Crippen molar-refractivity contribution >= 4 is 17.5 Å². The Balaban J connectivity index is 2.72. The van der Waals surface area contributed by atoms with Gasteiger partial charge >= 0.3 is 0 Å². The molecule has 1 unspecified atom stereocenters. The fourth-order valence-corrected chi connectivity index (χ4v) is 1.44. The van der Waals surface area contributed by atoms with Gasteiger partial charge in [-0.1, -0.05) is 11.6 Å². The maximum Gasteiger partial charge on any atom is 0.251 e. The summed E-state index contributed by atoms with van der Waals surface area (Å²) in [6.45, 7) is -0.000544. The summed E-state index contributed by atoms with van der Waals surface area (Å²) in [4.78, 5) is 11.7. The highest BCUT2D eigenvalue weighted by molar-refractivity contribution is 6.32. The zero-order valence-corrected chi connectivity index (χ0v) is 10.1. The lowest BCUT2D eigenvalue weighted by atomic mass is 10.2. The number of amides is 1. The number of hydrogen-bond donors (Lipinski definition) is 3. The van der Waals surface area contributed by atoms with E-state index < -0.39 is 6.04 Å². The van der Waals surface area contributed by atoms with E-state index in [2.05, 4.69) is 5.32 Å². The third-order valence-electron chi connectivity index (χ3n) is 2.13. The topological polar surface area (TPSA) is 78.8 Å². The van der Waals surface area contributed by atoms with Crippen molar-refractivity contribution in [2.24, 2.45) is 0 Å². The van der Waals surface area contributed by atoms with E-state index in [1.54, 1.807) is 0 Å². The molecule has 1 atom stereocenters. The van der Waals surface area contributed by atoms with E-state index in [4.69, 9.17) is 21.4 Å². The second-order valence-corrected chi connectivity index (χ2v) is 3.88. The first-order chi connectivity index (χ1) is 8.08. The fraction of sp³-hybridized carbons (Fsp3) is 0.364. The van der Waals surface area contributed by atoms with Gasteiger partial charge in [0.2, 0.25) is 0 Å². The van der Waals surface area contributed by atoms with Gasteiger partial charge in [0.15, 0.2) is 0 Å². The quantitative estimate of drug-likeness (QED) is 0.730. The number of aromatic hydroxyl groups is 1. The molecule has 0 fully saturated rings. The zero-order chi connectivity index (χ0) is 12.8. The fourth-order valence-electron chi connectivity index (χ4n) is 1.26. The summed E-state index contributed by atoms with van der Waals surface area (Å²) in [6.07, 6.45) is 0. The minimum atomic E-state index is -0.472. The summed E-state index contributed by atoms with van der Waals surface area (Å²) in [6, 6.07) is 3.66. The van der Waals surface area contributed by atoms with E-state index in [0.717, 1.165) is 0 Å². The lowest BCUT2D eigenvalue weighted by molar-refractivity contribution is 0.0839. The van der Waals surface area contributed by atoms with Crippen LogP contribution in [0.15, 0.2) is 18.2 Å². The molecule has 3 N–H and O–H groups in total. The van der Waals surface area contributed by atoms with Crippen LogP contribution < -0.4 is 5.32 Å². The van der Waals surface area contributed by atoms with Crippen LogP contribution in [0.3, 0.4) is 0 Å². The van der Waals surface area contributed by atoms with Crippen LogP contribution >= 0.6 is 11.6 Å². The van der Waals surface area contributed by atoms with Crippen LogP contribution in [0.4, 0.5) is 0 Å². The van der Waals surface area contributed by atoms with Crippen LogP contribution in [0.1, 0.15) is 10.4 Å². The van der Waals surface area contributed by atoms with Crippen LogP contribution in [0.2, 0.25) is 5.02 Å². The van der Waals surface area contributed by atoms with Crippen LogP contribution in [0, 0.1) is 0 Å². The van der Waals surface area contributed by atoms with Crippen molar-refractivity contribution in [2.45, 2.75) is 6.04 Å². The Kier molecular flexibility index (Phi) is 5.21. The normalized spacial score (nSPS) is 12.2. The lowest BCUT2D eigenvalue weighted by Gasteiger charge is -2.15. The van der Waals surface area contributed by atoms with Gasteiger partial charge in [-0.25, -0.2) is 0 Å². The van der Waals surface area contributed by atoms with Gasteiger partial charge in [0.1, 0.15) is 5.75 Å². The first-order valence-electron chi connectivity index (χ1n) is 4.97. The number of carbonyl (C=O) groups is 1. The van der Waals surface area contributed by atoms with Crippen molar-refractivity contribution in [2.75, 3.05) is 20.3 Å². The molecule has 94 valence electrons. The molecular weight excluding hydrogens is 246 g/mol. The highest BCUT2D eigenvalue weighted by Crippen LogP contribution is 2.23. The summed E-state index contributed by atoms with van der Waals surface area (Å²) in [7, 11) is 1.48. The molecule has 0 saturated heterocycles. The van der Waals surface area contributed by atoms with Gasteiger partial charge in [-0.05, 0) is 18.2 Å². The second-order valence-electron chi connectivity index (χ2n) is 3.47. The number of carbonyl (C=O) groups excluding carboxylic acids is 1. The van der Waals surface area contributed by atoms with Crippen molar-refractivity contribution < 1.29 is 19.7 Å². The molecule has 0 heterocycles. The van der Waals surface area contributed by atoms with Gasteiger partial charge in [0, 0.05) is 12.7 Å². The Morgan fingerprint density at radius 2 is 2.29 bits per heavy atom. The number of nitrogens with one attached hydrogen (secondary N) is 1. The minimum absolute atomic E-state index is 0.0844. The molecule has 17 heavy (non-hydrogen) atoms. The molecule has 1 amide bonds. The first kappa shape index (κ1) is 13.8. The Morgan fingerprint density at radius 1 is 1.59 bits per heavy atom. The summed E-state index contributed by atoms with van der Waals surface area (Å²) >= 11 is 5.69. The molecule has 0 aromatic heterocycles. The average molecular weight is 260 g/mol. The average Bonchev–Trinajstić information content (AvgIpc) is 2.31. The van der Waals surface area contributed by atoms with Crippen LogP contribution in [0.25, 0.3) is 0 Å². The molecule has 0 bridgehead atoms. The van der Waals surface area contributed by atoms with Crippen molar-refractivity contribution in [1.29, 1.82) is 0 Å². The second kappa shape index (κ2) is 6.44. The Hall–Kier alpha value is -1.30. The molecule has 0 aliphatic heterocycles. The number of phenols is 1. The Bertz CT molecular complexity index is 397. The van der Waals surface area contributed by atoms with E-state index in [-0.39, 0.29) is 29.9 Å². The van der Waals surface area contributed by atoms with Crippen molar-refractivity contribution in [3.8, 4) is 5.75 Å². The molecule has 0 aliphatic rings. The molecule has 5 nitrogen and oxygen atoms in total. The maximum absolute atomic E-state index is 11.7. The minimum Gasteiger partial charge on any atom is -0.506 e. The third-order valence-corrected chi connectivity index (χ3v) is 2.44. The molecule has 1 aromatic rings. The molecule has 6 heteroatoms. The number of rotatable bonds is 5. The largest absolute Gasteiger partial charge is 0.506 e. The number of halogens is 1. The molecule has 1 aromatic carbocycles. The van der Waals surface area contributed by atoms with Crippen molar-refractivity contribution in [3.05, 3.63) is 28.8 Å². The van der Waals surface area contributed by atoms with Crippen LogP contribution in [0.5, 0.6) is 5.75 Å². The molecule has 0 spiro atoms. The molecule has 1 rings (SSSR count). The summed E-state index contributed by atoms with van der Waals surface area (Å²) in [5.74, 6) is -0.471. The van der Waals surface area contributed by atoms with Gasteiger partial charge in [-0.15, -0.1) is 0 Å².